The average Bonchev–Trinajstić information content (AvgIpc) is 2.66. The van der Waals surface area contributed by atoms with Crippen molar-refractivity contribution in [1.29, 1.82) is 0 Å². The van der Waals surface area contributed by atoms with Crippen LogP contribution in [0.5, 0.6) is 5.75 Å². The van der Waals surface area contributed by atoms with E-state index in [0.29, 0.717) is 17.8 Å². The summed E-state index contributed by atoms with van der Waals surface area (Å²) in [4.78, 5) is 19.7. The summed E-state index contributed by atoms with van der Waals surface area (Å²) in [5.41, 5.74) is 1.32. The predicted molar refractivity (Wildman–Crippen MR) is 106 cm³/mol. The summed E-state index contributed by atoms with van der Waals surface area (Å²) in [6, 6.07) is 10.5. The van der Waals surface area contributed by atoms with Gasteiger partial charge in [0.25, 0.3) is 0 Å². The molecular formula is C21H29N3O3. The Labute approximate surface area is 161 Å². The Morgan fingerprint density at radius 2 is 1.81 bits per heavy atom. The molecule has 0 bridgehead atoms. The summed E-state index contributed by atoms with van der Waals surface area (Å²) < 4.78 is 9.69. The van der Waals surface area contributed by atoms with E-state index >= 15 is 0 Å². The Morgan fingerprint density at radius 3 is 2.44 bits per heavy atom. The Balaban J connectivity index is 1.92. The number of carbonyl (C=O) groups excluding carboxylic acids is 1. The van der Waals surface area contributed by atoms with Gasteiger partial charge in [-0.1, -0.05) is 57.0 Å². The van der Waals surface area contributed by atoms with E-state index in [2.05, 4.69) is 53.4 Å². The number of anilines is 1. The summed E-state index contributed by atoms with van der Waals surface area (Å²) in [6.45, 7) is 7.24. The third kappa shape index (κ3) is 7.64. The van der Waals surface area contributed by atoms with Crippen molar-refractivity contribution in [2.75, 3.05) is 18.5 Å². The average molecular weight is 371 g/mol. The van der Waals surface area contributed by atoms with Crippen molar-refractivity contribution >= 4 is 12.1 Å². The van der Waals surface area contributed by atoms with E-state index in [4.69, 9.17) is 9.47 Å². The van der Waals surface area contributed by atoms with Gasteiger partial charge in [-0.05, 0) is 24.8 Å². The van der Waals surface area contributed by atoms with Gasteiger partial charge in [0.05, 0.1) is 19.0 Å². The summed E-state index contributed by atoms with van der Waals surface area (Å²) in [5.74, 6) is 1.88. The number of carbonyl (C=O) groups is 1. The number of nitrogens with one attached hydrogen (secondary N) is 1. The summed E-state index contributed by atoms with van der Waals surface area (Å²) in [6.07, 6.45) is 5.69. The minimum atomic E-state index is -0.754. The molecule has 0 radical (unpaired) electrons. The molecule has 0 aliphatic rings. The van der Waals surface area contributed by atoms with Gasteiger partial charge >= 0.3 is 6.16 Å². The van der Waals surface area contributed by atoms with Crippen LogP contribution in [0.2, 0.25) is 0 Å². The fourth-order valence-corrected chi connectivity index (χ4v) is 2.80. The molecule has 0 saturated heterocycles. The lowest BCUT2D eigenvalue weighted by molar-refractivity contribution is 0.104. The van der Waals surface area contributed by atoms with Crippen LogP contribution in [0, 0.1) is 5.92 Å². The standard InChI is InChI=1S/C21H29N3O3/c1-4-26-21(25)27-19-14-23-20(24-15-19)22-13-18(12-8-9-16(2)3)17-10-6-5-7-11-17/h5-7,10-11,14-16,18H,4,8-9,12-13H2,1-3H3,(H,22,23,24). The third-order valence-electron chi connectivity index (χ3n) is 4.20. The molecule has 1 unspecified atom stereocenters. The Kier molecular flexibility index (Phi) is 8.55. The van der Waals surface area contributed by atoms with Crippen LogP contribution in [0.4, 0.5) is 10.7 Å². The second-order valence-corrected chi connectivity index (χ2v) is 6.84. The Morgan fingerprint density at radius 1 is 1.11 bits per heavy atom. The lowest BCUT2D eigenvalue weighted by atomic mass is 9.92. The molecule has 0 aliphatic heterocycles. The summed E-state index contributed by atoms with van der Waals surface area (Å²) >= 11 is 0. The second kappa shape index (κ2) is 11.2. The highest BCUT2D eigenvalue weighted by molar-refractivity contribution is 5.63. The molecule has 2 aromatic rings. The van der Waals surface area contributed by atoms with Crippen molar-refractivity contribution in [3.8, 4) is 5.75 Å². The van der Waals surface area contributed by atoms with Gasteiger partial charge in [0.2, 0.25) is 5.95 Å². The van der Waals surface area contributed by atoms with Crippen LogP contribution in [0.15, 0.2) is 42.7 Å². The molecular weight excluding hydrogens is 342 g/mol. The number of ether oxygens (including phenoxy) is 2. The lowest BCUT2D eigenvalue weighted by Crippen LogP contribution is -2.15. The van der Waals surface area contributed by atoms with E-state index in [1.807, 2.05) is 6.07 Å². The van der Waals surface area contributed by atoms with Gasteiger partial charge in [0.1, 0.15) is 0 Å². The van der Waals surface area contributed by atoms with Gasteiger partial charge in [0.15, 0.2) is 5.75 Å². The number of hydrogen-bond donors (Lipinski definition) is 1. The van der Waals surface area contributed by atoms with Gasteiger partial charge in [-0.2, -0.15) is 0 Å². The predicted octanol–water partition coefficient (Wildman–Crippen LogP) is 5.03. The molecule has 0 saturated carbocycles. The molecule has 1 heterocycles. The number of aromatic nitrogens is 2. The first-order valence-corrected chi connectivity index (χ1v) is 9.54. The minimum absolute atomic E-state index is 0.260. The van der Waals surface area contributed by atoms with Crippen molar-refractivity contribution < 1.29 is 14.3 Å². The topological polar surface area (TPSA) is 73.3 Å². The van der Waals surface area contributed by atoms with E-state index < -0.39 is 6.16 Å². The molecule has 1 N–H and O–H groups in total. The Bertz CT molecular complexity index is 675. The third-order valence-corrected chi connectivity index (χ3v) is 4.20. The van der Waals surface area contributed by atoms with Gasteiger partial charge in [0, 0.05) is 12.5 Å². The van der Waals surface area contributed by atoms with Crippen molar-refractivity contribution in [3.05, 3.63) is 48.3 Å². The van der Waals surface area contributed by atoms with Crippen molar-refractivity contribution in [2.45, 2.75) is 46.0 Å². The highest BCUT2D eigenvalue weighted by Crippen LogP contribution is 2.23. The lowest BCUT2D eigenvalue weighted by Gasteiger charge is -2.19. The maximum Gasteiger partial charge on any atom is 0.513 e. The molecule has 0 aliphatic carbocycles. The molecule has 2 rings (SSSR count). The zero-order valence-electron chi connectivity index (χ0n) is 16.4. The number of nitrogens with zero attached hydrogens (tertiary/aromatic N) is 2. The van der Waals surface area contributed by atoms with Crippen LogP contribution < -0.4 is 10.1 Å². The first-order chi connectivity index (χ1) is 13.1. The van der Waals surface area contributed by atoms with Crippen molar-refractivity contribution in [3.63, 3.8) is 0 Å². The van der Waals surface area contributed by atoms with Crippen LogP contribution >= 0.6 is 0 Å². The smallest absolute Gasteiger partial charge is 0.434 e. The molecule has 1 aromatic heterocycles. The molecule has 146 valence electrons. The molecule has 0 fully saturated rings. The normalized spacial score (nSPS) is 11.9. The monoisotopic (exact) mass is 371 g/mol. The highest BCUT2D eigenvalue weighted by Gasteiger charge is 2.13. The number of hydrogen-bond acceptors (Lipinski definition) is 6. The number of rotatable bonds is 10. The summed E-state index contributed by atoms with van der Waals surface area (Å²) in [5, 5.41) is 3.29. The van der Waals surface area contributed by atoms with Crippen LogP contribution in [-0.2, 0) is 4.74 Å². The first-order valence-electron chi connectivity index (χ1n) is 9.54. The summed E-state index contributed by atoms with van der Waals surface area (Å²) in [7, 11) is 0. The van der Waals surface area contributed by atoms with Gasteiger partial charge < -0.3 is 14.8 Å². The molecule has 0 spiro atoms. The van der Waals surface area contributed by atoms with Crippen LogP contribution in [0.1, 0.15) is 51.5 Å². The van der Waals surface area contributed by atoms with Crippen molar-refractivity contribution in [2.24, 2.45) is 5.92 Å². The highest BCUT2D eigenvalue weighted by atomic mass is 16.7. The van der Waals surface area contributed by atoms with Gasteiger partial charge in [-0.25, -0.2) is 14.8 Å². The zero-order valence-corrected chi connectivity index (χ0v) is 16.4. The maximum absolute atomic E-state index is 11.3. The fourth-order valence-electron chi connectivity index (χ4n) is 2.80. The fraction of sp³-hybridized carbons (Fsp3) is 0.476. The maximum atomic E-state index is 11.3. The van der Waals surface area contributed by atoms with E-state index in [1.54, 1.807) is 6.92 Å². The zero-order chi connectivity index (χ0) is 19.5. The van der Waals surface area contributed by atoms with Crippen LogP contribution in [0.3, 0.4) is 0 Å². The van der Waals surface area contributed by atoms with Gasteiger partial charge in [-0.3, -0.25) is 0 Å². The van der Waals surface area contributed by atoms with Crippen LogP contribution in [0.25, 0.3) is 0 Å². The van der Waals surface area contributed by atoms with E-state index in [9.17, 15) is 4.79 Å². The quantitative estimate of drug-likeness (QED) is 0.590. The van der Waals surface area contributed by atoms with Crippen LogP contribution in [-0.4, -0.2) is 29.3 Å². The Hall–Kier alpha value is -2.63. The molecule has 6 heteroatoms. The SMILES string of the molecule is CCOC(=O)Oc1cnc(NCC(CCCC(C)C)c2ccccc2)nc1. The first kappa shape index (κ1) is 20.7. The number of benzene rings is 1. The molecule has 6 nitrogen and oxygen atoms in total. The molecule has 1 atom stereocenters. The van der Waals surface area contributed by atoms with E-state index in [0.717, 1.165) is 13.0 Å². The van der Waals surface area contributed by atoms with E-state index in [-0.39, 0.29) is 12.4 Å². The minimum Gasteiger partial charge on any atom is -0.434 e. The van der Waals surface area contributed by atoms with E-state index in [1.165, 1.54) is 30.8 Å². The molecule has 1 aromatic carbocycles. The molecule has 27 heavy (non-hydrogen) atoms. The van der Waals surface area contributed by atoms with Gasteiger partial charge in [-0.15, -0.1) is 0 Å². The largest absolute Gasteiger partial charge is 0.513 e. The van der Waals surface area contributed by atoms with Crippen molar-refractivity contribution in [1.82, 2.24) is 9.97 Å². The second-order valence-electron chi connectivity index (χ2n) is 6.84. The molecule has 0 amide bonds.